The van der Waals surface area contributed by atoms with Crippen molar-refractivity contribution in [2.45, 2.75) is 13.3 Å². The molecule has 0 unspecified atom stereocenters. The minimum absolute atomic E-state index is 0.0413. The van der Waals surface area contributed by atoms with E-state index in [-0.39, 0.29) is 6.61 Å². The van der Waals surface area contributed by atoms with Gasteiger partial charge in [0, 0.05) is 6.07 Å². The number of halogens is 2. The largest absolute Gasteiger partial charge is 0.462 e. The molecule has 8 heteroatoms. The molecule has 0 saturated heterocycles. The predicted molar refractivity (Wildman–Crippen MR) is 58.7 cm³/mol. The molecule has 19 heavy (non-hydrogen) atoms. The molecule has 0 aliphatic rings. The summed E-state index contributed by atoms with van der Waals surface area (Å²) in [7, 11) is 0. The highest BCUT2D eigenvalue weighted by atomic mass is 19.3. The molecule has 0 aliphatic heterocycles. The number of hydrogen-bond donors (Lipinski definition) is 0. The molecule has 6 nitrogen and oxygen atoms in total. The monoisotopic (exact) mass is 270 g/mol. The van der Waals surface area contributed by atoms with Crippen LogP contribution in [0.5, 0.6) is 0 Å². The highest BCUT2D eigenvalue weighted by molar-refractivity contribution is 5.92. The van der Waals surface area contributed by atoms with Crippen LogP contribution in [-0.2, 0) is 4.74 Å². The second-order valence-corrected chi connectivity index (χ2v) is 3.31. The minimum Gasteiger partial charge on any atom is -0.462 e. The van der Waals surface area contributed by atoms with Gasteiger partial charge in [0.15, 0.2) is 0 Å². The Morgan fingerprint density at radius 1 is 1.58 bits per heavy atom. The number of rotatable bonds is 4. The molecule has 0 radical (unpaired) electrons. The minimum atomic E-state index is -3.20. The molecule has 0 aromatic heterocycles. The Hall–Kier alpha value is -2.56. The van der Waals surface area contributed by atoms with Crippen molar-refractivity contribution in [3.8, 4) is 6.07 Å². The molecule has 0 aliphatic carbocycles. The smallest absolute Gasteiger partial charge is 0.338 e. The van der Waals surface area contributed by atoms with Crippen molar-refractivity contribution < 1.29 is 23.2 Å². The molecular weight excluding hydrogens is 262 g/mol. The van der Waals surface area contributed by atoms with Crippen molar-refractivity contribution in [2.75, 3.05) is 6.61 Å². The van der Waals surface area contributed by atoms with Crippen molar-refractivity contribution in [1.29, 1.82) is 5.26 Å². The number of nitrogens with zero attached hydrogens (tertiary/aromatic N) is 2. The number of nitro benzene ring substituents is 1. The molecule has 0 heterocycles. The average Bonchev–Trinajstić information content (AvgIpc) is 2.36. The molecule has 0 saturated carbocycles. The molecule has 1 aromatic rings. The van der Waals surface area contributed by atoms with Gasteiger partial charge in [-0.05, 0) is 13.0 Å². The predicted octanol–water partition coefficient (Wildman–Crippen LogP) is 2.58. The van der Waals surface area contributed by atoms with E-state index in [0.717, 1.165) is 12.1 Å². The fraction of sp³-hybridized carbons (Fsp3) is 0.273. The van der Waals surface area contributed by atoms with Crippen LogP contribution in [0, 0.1) is 21.4 Å². The van der Waals surface area contributed by atoms with Gasteiger partial charge in [-0.2, -0.15) is 5.26 Å². The van der Waals surface area contributed by atoms with Crippen LogP contribution in [-0.4, -0.2) is 17.5 Å². The maximum absolute atomic E-state index is 12.9. The van der Waals surface area contributed by atoms with Crippen molar-refractivity contribution in [3.05, 3.63) is 38.9 Å². The lowest BCUT2D eigenvalue weighted by molar-refractivity contribution is -0.385. The highest BCUT2D eigenvalue weighted by Crippen LogP contribution is 2.32. The first-order valence-electron chi connectivity index (χ1n) is 5.10. The number of nitro groups is 1. The molecule has 0 bridgehead atoms. The summed E-state index contributed by atoms with van der Waals surface area (Å²) in [5.74, 6) is -1.05. The zero-order valence-corrected chi connectivity index (χ0v) is 9.72. The second kappa shape index (κ2) is 5.86. The third-order valence-corrected chi connectivity index (χ3v) is 2.25. The number of carbonyl (C=O) groups is 1. The number of ether oxygens (including phenoxy) is 1. The van der Waals surface area contributed by atoms with E-state index in [4.69, 9.17) is 5.26 Å². The Morgan fingerprint density at radius 2 is 2.21 bits per heavy atom. The van der Waals surface area contributed by atoms with E-state index < -0.39 is 39.7 Å². The number of benzene rings is 1. The number of carbonyl (C=O) groups excluding carboxylic acids is 1. The molecular formula is C11H8F2N2O4. The van der Waals surface area contributed by atoms with E-state index >= 15 is 0 Å². The fourth-order valence-corrected chi connectivity index (χ4v) is 1.49. The van der Waals surface area contributed by atoms with Crippen LogP contribution < -0.4 is 0 Å². The van der Waals surface area contributed by atoms with Crippen LogP contribution >= 0.6 is 0 Å². The third-order valence-electron chi connectivity index (χ3n) is 2.25. The summed E-state index contributed by atoms with van der Waals surface area (Å²) >= 11 is 0. The van der Waals surface area contributed by atoms with E-state index in [2.05, 4.69) is 4.74 Å². The van der Waals surface area contributed by atoms with E-state index in [1.807, 2.05) is 0 Å². The maximum atomic E-state index is 12.9. The van der Waals surface area contributed by atoms with E-state index in [9.17, 15) is 23.7 Å². The standard InChI is InChI=1S/C11H8F2N2O4/c1-2-19-11(16)6-3-4-8(15(17)18)7(5-14)9(6)10(12)13/h3-4,10H,2H2,1H3. The lowest BCUT2D eigenvalue weighted by atomic mass is 10.00. The average molecular weight is 270 g/mol. The summed E-state index contributed by atoms with van der Waals surface area (Å²) in [5.41, 5.74) is -3.12. The van der Waals surface area contributed by atoms with Crippen LogP contribution in [0.2, 0.25) is 0 Å². The second-order valence-electron chi connectivity index (χ2n) is 3.31. The quantitative estimate of drug-likeness (QED) is 0.476. The van der Waals surface area contributed by atoms with E-state index in [0.29, 0.717) is 0 Å². The van der Waals surface area contributed by atoms with Gasteiger partial charge in [0.05, 0.1) is 22.7 Å². The van der Waals surface area contributed by atoms with Crippen molar-refractivity contribution in [1.82, 2.24) is 0 Å². The number of hydrogen-bond acceptors (Lipinski definition) is 5. The van der Waals surface area contributed by atoms with Gasteiger partial charge < -0.3 is 4.74 Å². The molecule has 0 spiro atoms. The number of esters is 1. The molecule has 0 N–H and O–H groups in total. The van der Waals surface area contributed by atoms with Crippen molar-refractivity contribution in [3.63, 3.8) is 0 Å². The Bertz CT molecular complexity index is 567. The summed E-state index contributed by atoms with van der Waals surface area (Å²) in [6.45, 7) is 1.44. The Morgan fingerprint density at radius 3 is 2.63 bits per heavy atom. The van der Waals surface area contributed by atoms with Gasteiger partial charge in [-0.25, -0.2) is 13.6 Å². The summed E-state index contributed by atoms with van der Waals surface area (Å²) in [4.78, 5) is 21.2. The first-order chi connectivity index (χ1) is 8.93. The number of nitriles is 1. The van der Waals surface area contributed by atoms with Gasteiger partial charge in [0.2, 0.25) is 0 Å². The topological polar surface area (TPSA) is 93.2 Å². The van der Waals surface area contributed by atoms with Crippen LogP contribution in [0.4, 0.5) is 14.5 Å². The van der Waals surface area contributed by atoms with Crippen LogP contribution in [0.15, 0.2) is 12.1 Å². The summed E-state index contributed by atoms with van der Waals surface area (Å²) in [5, 5.41) is 19.4. The molecule has 0 fully saturated rings. The maximum Gasteiger partial charge on any atom is 0.338 e. The van der Waals surface area contributed by atoms with E-state index in [1.54, 1.807) is 0 Å². The molecule has 1 rings (SSSR count). The molecule has 0 amide bonds. The normalized spacial score (nSPS) is 10.1. The van der Waals surface area contributed by atoms with Crippen molar-refractivity contribution >= 4 is 11.7 Å². The van der Waals surface area contributed by atoms with Gasteiger partial charge in [0.25, 0.3) is 12.1 Å². The Labute approximate surface area is 106 Å². The third kappa shape index (κ3) is 2.82. The van der Waals surface area contributed by atoms with Crippen LogP contribution in [0.25, 0.3) is 0 Å². The zero-order valence-electron chi connectivity index (χ0n) is 9.72. The van der Waals surface area contributed by atoms with Gasteiger partial charge in [0.1, 0.15) is 11.6 Å². The van der Waals surface area contributed by atoms with Gasteiger partial charge >= 0.3 is 5.97 Å². The lowest BCUT2D eigenvalue weighted by Crippen LogP contribution is -2.11. The van der Waals surface area contributed by atoms with Gasteiger partial charge in [-0.15, -0.1) is 0 Å². The first-order valence-corrected chi connectivity index (χ1v) is 5.10. The fourth-order valence-electron chi connectivity index (χ4n) is 1.49. The van der Waals surface area contributed by atoms with Crippen LogP contribution in [0.3, 0.4) is 0 Å². The summed E-state index contributed by atoms with van der Waals surface area (Å²) in [6, 6.07) is 3.02. The molecule has 0 atom stereocenters. The highest BCUT2D eigenvalue weighted by Gasteiger charge is 2.29. The first kappa shape index (κ1) is 14.5. The molecule has 1 aromatic carbocycles. The SMILES string of the molecule is CCOC(=O)c1ccc([N+](=O)[O-])c(C#N)c1C(F)F. The van der Waals surface area contributed by atoms with Crippen molar-refractivity contribution in [2.24, 2.45) is 0 Å². The van der Waals surface area contributed by atoms with Gasteiger partial charge in [-0.3, -0.25) is 10.1 Å². The number of alkyl halides is 2. The van der Waals surface area contributed by atoms with Crippen LogP contribution in [0.1, 0.15) is 34.8 Å². The molecule has 100 valence electrons. The Kier molecular flexibility index (Phi) is 4.47. The van der Waals surface area contributed by atoms with E-state index in [1.165, 1.54) is 13.0 Å². The lowest BCUT2D eigenvalue weighted by Gasteiger charge is -2.09. The summed E-state index contributed by atoms with van der Waals surface area (Å²) < 4.78 is 30.4. The zero-order chi connectivity index (χ0) is 14.6. The van der Waals surface area contributed by atoms with Gasteiger partial charge in [-0.1, -0.05) is 0 Å². The Balaban J connectivity index is 3.56. The summed E-state index contributed by atoms with van der Waals surface area (Å²) in [6.07, 6.45) is -3.20.